The van der Waals surface area contributed by atoms with Crippen molar-refractivity contribution in [2.75, 3.05) is 12.4 Å². The normalized spacial score (nSPS) is 10.4. The molecule has 134 valence electrons. The van der Waals surface area contributed by atoms with Crippen molar-refractivity contribution in [3.05, 3.63) is 76.0 Å². The molecule has 3 aromatic rings. The third-order valence-electron chi connectivity index (χ3n) is 3.51. The van der Waals surface area contributed by atoms with Crippen molar-refractivity contribution in [2.45, 2.75) is 6.61 Å². The summed E-state index contributed by atoms with van der Waals surface area (Å²) in [5.74, 6) is -1.02. The van der Waals surface area contributed by atoms with E-state index in [0.717, 1.165) is 17.7 Å². The van der Waals surface area contributed by atoms with Crippen molar-refractivity contribution in [3.8, 4) is 11.5 Å². The monoisotopic (exact) mass is 375 g/mol. The Labute approximate surface area is 153 Å². The highest BCUT2D eigenvalue weighted by atomic mass is 32.1. The van der Waals surface area contributed by atoms with Crippen LogP contribution in [0, 0.1) is 11.6 Å². The molecular formula is C19H15F2NO3S. The summed E-state index contributed by atoms with van der Waals surface area (Å²) < 4.78 is 36.8. The molecule has 1 aromatic heterocycles. The molecule has 1 amide bonds. The van der Waals surface area contributed by atoms with Gasteiger partial charge in [0.2, 0.25) is 0 Å². The van der Waals surface area contributed by atoms with Crippen LogP contribution in [0.3, 0.4) is 0 Å². The average molecular weight is 375 g/mol. The molecular weight excluding hydrogens is 360 g/mol. The fourth-order valence-corrected chi connectivity index (χ4v) is 2.98. The maximum atomic E-state index is 13.5. The zero-order valence-corrected chi connectivity index (χ0v) is 14.6. The van der Waals surface area contributed by atoms with E-state index >= 15 is 0 Å². The van der Waals surface area contributed by atoms with Gasteiger partial charge >= 0.3 is 0 Å². The van der Waals surface area contributed by atoms with E-state index in [1.807, 2.05) is 0 Å². The third-order valence-corrected chi connectivity index (χ3v) is 4.49. The molecule has 1 heterocycles. The number of hydrogen-bond donors (Lipinski definition) is 1. The van der Waals surface area contributed by atoms with Gasteiger partial charge in [-0.1, -0.05) is 0 Å². The number of anilines is 1. The van der Waals surface area contributed by atoms with Crippen LogP contribution >= 0.6 is 11.3 Å². The van der Waals surface area contributed by atoms with E-state index < -0.39 is 11.6 Å². The molecule has 1 N–H and O–H groups in total. The molecule has 0 spiro atoms. The van der Waals surface area contributed by atoms with Gasteiger partial charge in [0.05, 0.1) is 12.0 Å². The molecule has 0 aliphatic rings. The Morgan fingerprint density at radius 1 is 1.12 bits per heavy atom. The molecule has 26 heavy (non-hydrogen) atoms. The number of hydrogen-bond acceptors (Lipinski definition) is 4. The molecule has 0 unspecified atom stereocenters. The highest BCUT2D eigenvalue weighted by Crippen LogP contribution is 2.22. The van der Waals surface area contributed by atoms with Crippen molar-refractivity contribution in [1.82, 2.24) is 0 Å². The second-order valence-corrected chi connectivity index (χ2v) is 6.28. The predicted molar refractivity (Wildman–Crippen MR) is 96.0 cm³/mol. The first-order chi connectivity index (χ1) is 12.5. The van der Waals surface area contributed by atoms with Gasteiger partial charge in [-0.05, 0) is 47.8 Å². The van der Waals surface area contributed by atoms with Crippen molar-refractivity contribution in [3.63, 3.8) is 0 Å². The minimum absolute atomic E-state index is 0.0400. The summed E-state index contributed by atoms with van der Waals surface area (Å²) in [4.78, 5) is 12.8. The lowest BCUT2D eigenvalue weighted by Crippen LogP contribution is -2.10. The van der Waals surface area contributed by atoms with Crippen LogP contribution in [0.1, 0.15) is 15.2 Å². The first kappa shape index (κ1) is 17.9. The molecule has 0 radical (unpaired) electrons. The van der Waals surface area contributed by atoms with Crippen LogP contribution in [0.2, 0.25) is 0 Å². The van der Waals surface area contributed by atoms with Gasteiger partial charge in [0, 0.05) is 17.3 Å². The van der Waals surface area contributed by atoms with Crippen LogP contribution in [0.25, 0.3) is 0 Å². The topological polar surface area (TPSA) is 47.6 Å². The number of rotatable bonds is 6. The molecule has 7 heteroatoms. The summed E-state index contributed by atoms with van der Waals surface area (Å²) in [7, 11) is 1.57. The fraction of sp³-hybridized carbons (Fsp3) is 0.105. The van der Waals surface area contributed by atoms with Crippen LogP contribution in [-0.4, -0.2) is 13.0 Å². The zero-order chi connectivity index (χ0) is 18.5. The van der Waals surface area contributed by atoms with E-state index in [-0.39, 0.29) is 18.3 Å². The molecule has 0 bridgehead atoms. The molecule has 2 aromatic carbocycles. The van der Waals surface area contributed by atoms with Crippen LogP contribution < -0.4 is 14.8 Å². The lowest BCUT2D eigenvalue weighted by molar-refractivity contribution is 0.103. The van der Waals surface area contributed by atoms with Gasteiger partial charge in [-0.2, -0.15) is 0 Å². The van der Waals surface area contributed by atoms with Gasteiger partial charge in [-0.15, -0.1) is 11.3 Å². The number of methoxy groups -OCH3 is 1. The minimum atomic E-state index is -0.766. The van der Waals surface area contributed by atoms with E-state index in [2.05, 4.69) is 5.32 Å². The van der Waals surface area contributed by atoms with E-state index in [1.54, 1.807) is 42.8 Å². The summed E-state index contributed by atoms with van der Waals surface area (Å²) in [6, 6.07) is 11.8. The van der Waals surface area contributed by atoms with Crippen molar-refractivity contribution in [2.24, 2.45) is 0 Å². The van der Waals surface area contributed by atoms with Crippen molar-refractivity contribution >= 4 is 22.9 Å². The maximum Gasteiger partial charge on any atom is 0.265 e. The Kier molecular flexibility index (Phi) is 5.48. The third kappa shape index (κ3) is 4.37. The minimum Gasteiger partial charge on any atom is -0.497 e. The number of carbonyl (C=O) groups excluding carboxylic acids is 1. The molecule has 0 aliphatic carbocycles. The van der Waals surface area contributed by atoms with Gasteiger partial charge in [0.25, 0.3) is 5.91 Å². The summed E-state index contributed by atoms with van der Waals surface area (Å²) in [5, 5.41) is 4.54. The molecule has 0 saturated heterocycles. The van der Waals surface area contributed by atoms with Gasteiger partial charge < -0.3 is 14.8 Å². The SMILES string of the molecule is COc1ccc(NC(=O)c2cc(COc3ccc(F)cc3F)cs2)cc1. The van der Waals surface area contributed by atoms with Crippen LogP contribution in [0.5, 0.6) is 11.5 Å². The largest absolute Gasteiger partial charge is 0.497 e. The molecule has 0 fully saturated rings. The predicted octanol–water partition coefficient (Wildman–Crippen LogP) is 4.87. The van der Waals surface area contributed by atoms with E-state index in [4.69, 9.17) is 9.47 Å². The number of carbonyl (C=O) groups is 1. The lowest BCUT2D eigenvalue weighted by atomic mass is 10.2. The van der Waals surface area contributed by atoms with E-state index in [9.17, 15) is 13.6 Å². The molecule has 4 nitrogen and oxygen atoms in total. The number of amides is 1. The van der Waals surface area contributed by atoms with Crippen LogP contribution in [0.4, 0.5) is 14.5 Å². The molecule has 0 saturated carbocycles. The van der Waals surface area contributed by atoms with Gasteiger partial charge in [-0.25, -0.2) is 8.78 Å². The summed E-state index contributed by atoms with van der Waals surface area (Å²) in [6.45, 7) is 0.0782. The fourth-order valence-electron chi connectivity index (χ4n) is 2.19. The van der Waals surface area contributed by atoms with Gasteiger partial charge in [0.15, 0.2) is 11.6 Å². The van der Waals surface area contributed by atoms with Crippen molar-refractivity contribution in [1.29, 1.82) is 0 Å². The van der Waals surface area contributed by atoms with Crippen LogP contribution in [0.15, 0.2) is 53.9 Å². The van der Waals surface area contributed by atoms with Gasteiger partial charge in [0.1, 0.15) is 18.2 Å². The Hall–Kier alpha value is -2.93. The standard InChI is InChI=1S/C19H15F2NO3S/c1-24-15-5-3-14(4-6-15)22-19(23)18-8-12(11-26-18)10-25-17-7-2-13(20)9-16(17)21/h2-9,11H,10H2,1H3,(H,22,23). The maximum absolute atomic E-state index is 13.5. The van der Waals surface area contributed by atoms with Crippen molar-refractivity contribution < 1.29 is 23.0 Å². The number of nitrogens with one attached hydrogen (secondary N) is 1. The Balaban J connectivity index is 1.60. The number of benzene rings is 2. The Morgan fingerprint density at radius 2 is 1.88 bits per heavy atom. The second-order valence-electron chi connectivity index (χ2n) is 5.37. The summed E-state index contributed by atoms with van der Waals surface area (Å²) >= 11 is 1.26. The molecule has 3 rings (SSSR count). The van der Waals surface area contributed by atoms with E-state index in [0.29, 0.717) is 16.3 Å². The quantitative estimate of drug-likeness (QED) is 0.669. The van der Waals surface area contributed by atoms with Gasteiger partial charge in [-0.3, -0.25) is 4.79 Å². The highest BCUT2D eigenvalue weighted by molar-refractivity contribution is 7.12. The number of halogens is 2. The Bertz CT molecular complexity index is 909. The smallest absolute Gasteiger partial charge is 0.265 e. The van der Waals surface area contributed by atoms with E-state index in [1.165, 1.54) is 17.4 Å². The molecule has 0 atom stereocenters. The summed E-state index contributed by atoms with van der Waals surface area (Å²) in [5.41, 5.74) is 1.37. The highest BCUT2D eigenvalue weighted by Gasteiger charge is 2.11. The Morgan fingerprint density at radius 3 is 2.58 bits per heavy atom. The lowest BCUT2D eigenvalue weighted by Gasteiger charge is -2.06. The zero-order valence-electron chi connectivity index (χ0n) is 13.8. The second kappa shape index (κ2) is 7.97. The summed E-state index contributed by atoms with van der Waals surface area (Å²) in [6.07, 6.45) is 0. The van der Waals surface area contributed by atoms with Crippen LogP contribution in [-0.2, 0) is 6.61 Å². The first-order valence-corrected chi connectivity index (χ1v) is 8.54. The number of thiophene rings is 1. The number of ether oxygens (including phenoxy) is 2. The first-order valence-electron chi connectivity index (χ1n) is 7.66. The average Bonchev–Trinajstić information content (AvgIpc) is 3.11. The molecule has 0 aliphatic heterocycles.